The van der Waals surface area contributed by atoms with Crippen molar-refractivity contribution in [1.29, 1.82) is 0 Å². The van der Waals surface area contributed by atoms with Gasteiger partial charge in [-0.3, -0.25) is 9.69 Å². The Bertz CT molecular complexity index is 210. The van der Waals surface area contributed by atoms with Gasteiger partial charge in [0.2, 0.25) is 0 Å². The third kappa shape index (κ3) is 2.21. The van der Waals surface area contributed by atoms with Crippen molar-refractivity contribution in [3.05, 3.63) is 0 Å². The Morgan fingerprint density at radius 3 is 2.54 bits per heavy atom. The molecule has 1 heterocycles. The first-order chi connectivity index (χ1) is 6.07. The number of thiol groups is 1. The van der Waals surface area contributed by atoms with Gasteiger partial charge in [0.25, 0.3) is 0 Å². The largest absolute Gasteiger partial charge is 0.480 e. The van der Waals surface area contributed by atoms with E-state index in [2.05, 4.69) is 12.6 Å². The molecule has 74 valence electrons. The molecule has 1 rings (SSSR count). The molecule has 0 amide bonds. The molecule has 0 aromatic carbocycles. The van der Waals surface area contributed by atoms with Gasteiger partial charge in [0.15, 0.2) is 0 Å². The Balaban J connectivity index is 2.74. The van der Waals surface area contributed by atoms with E-state index in [1.165, 1.54) is 0 Å². The van der Waals surface area contributed by atoms with Crippen LogP contribution in [0.1, 0.15) is 19.8 Å². The fraction of sp³-hybridized carbons (Fsp3) is 0.750. The Kier molecular flexibility index (Phi) is 3.70. The maximum Gasteiger partial charge on any atom is 0.320 e. The van der Waals surface area contributed by atoms with Crippen LogP contribution in [0.15, 0.2) is 0 Å². The zero-order chi connectivity index (χ0) is 10.0. The molecule has 0 aromatic rings. The Hall–Kier alpha value is -0.130. The van der Waals surface area contributed by atoms with Crippen LogP contribution in [-0.2, 0) is 4.79 Å². The summed E-state index contributed by atoms with van der Waals surface area (Å²) in [6.45, 7) is 2.66. The SMILES string of the molecule is CCN1C(C(=O)O)CCC1C(=S)S. The molecule has 1 aliphatic heterocycles. The molecule has 0 aromatic heterocycles. The van der Waals surface area contributed by atoms with Gasteiger partial charge in [-0.25, -0.2) is 0 Å². The number of nitrogens with zero attached hydrogens (tertiary/aromatic N) is 1. The average molecular weight is 219 g/mol. The zero-order valence-electron chi connectivity index (χ0n) is 7.43. The lowest BCUT2D eigenvalue weighted by Gasteiger charge is -2.25. The normalized spacial score (nSPS) is 29.1. The summed E-state index contributed by atoms with van der Waals surface area (Å²) >= 11 is 9.08. The molecule has 0 bridgehead atoms. The second-order valence-electron chi connectivity index (χ2n) is 3.12. The number of carboxylic acid groups (broad SMARTS) is 1. The summed E-state index contributed by atoms with van der Waals surface area (Å²) in [5.41, 5.74) is 0. The quantitative estimate of drug-likeness (QED) is 0.552. The Morgan fingerprint density at radius 1 is 1.62 bits per heavy atom. The highest BCUT2D eigenvalue weighted by Crippen LogP contribution is 2.25. The van der Waals surface area contributed by atoms with Gasteiger partial charge >= 0.3 is 5.97 Å². The predicted octanol–water partition coefficient (Wildman–Crippen LogP) is 1.18. The van der Waals surface area contributed by atoms with Gasteiger partial charge in [0.1, 0.15) is 6.04 Å². The molecule has 2 unspecified atom stereocenters. The standard InChI is InChI=1S/C8H13NO2S2/c1-2-9-5(7(10)11)3-4-6(9)8(12)13/h5-6H,2-4H2,1H3,(H,10,11)(H,12,13). The highest BCUT2D eigenvalue weighted by atomic mass is 32.1. The van der Waals surface area contributed by atoms with Gasteiger partial charge < -0.3 is 5.11 Å². The van der Waals surface area contributed by atoms with E-state index >= 15 is 0 Å². The van der Waals surface area contributed by atoms with Gasteiger partial charge in [-0.05, 0) is 19.4 Å². The van der Waals surface area contributed by atoms with E-state index < -0.39 is 5.97 Å². The van der Waals surface area contributed by atoms with Crippen molar-refractivity contribution < 1.29 is 9.90 Å². The maximum absolute atomic E-state index is 10.8. The summed E-state index contributed by atoms with van der Waals surface area (Å²) in [6.07, 6.45) is 1.49. The van der Waals surface area contributed by atoms with Crippen LogP contribution in [0.25, 0.3) is 0 Å². The lowest BCUT2D eigenvalue weighted by Crippen LogP contribution is -2.42. The Labute approximate surface area is 88.5 Å². The summed E-state index contributed by atoms with van der Waals surface area (Å²) in [5, 5.41) is 8.90. The summed E-state index contributed by atoms with van der Waals surface area (Å²) in [7, 11) is 0. The number of rotatable bonds is 3. The molecular weight excluding hydrogens is 206 g/mol. The molecule has 1 fully saturated rings. The van der Waals surface area contributed by atoms with E-state index in [1.54, 1.807) is 0 Å². The highest BCUT2D eigenvalue weighted by Gasteiger charge is 2.37. The summed E-state index contributed by atoms with van der Waals surface area (Å²) in [4.78, 5) is 12.7. The molecule has 1 saturated heterocycles. The Morgan fingerprint density at radius 2 is 2.15 bits per heavy atom. The minimum Gasteiger partial charge on any atom is -0.480 e. The topological polar surface area (TPSA) is 40.5 Å². The van der Waals surface area contributed by atoms with Crippen molar-refractivity contribution in [3.63, 3.8) is 0 Å². The first-order valence-electron chi connectivity index (χ1n) is 4.29. The number of thiocarbonyl (C=S) groups is 1. The minimum atomic E-state index is -0.756. The van der Waals surface area contributed by atoms with Crippen molar-refractivity contribution in [3.8, 4) is 0 Å². The predicted molar refractivity (Wildman–Crippen MR) is 58.4 cm³/mol. The van der Waals surface area contributed by atoms with E-state index in [-0.39, 0.29) is 12.1 Å². The van der Waals surface area contributed by atoms with E-state index in [0.29, 0.717) is 17.2 Å². The second kappa shape index (κ2) is 4.39. The number of carboxylic acids is 1. The third-order valence-corrected chi connectivity index (χ3v) is 3.02. The molecule has 2 atom stereocenters. The second-order valence-corrected chi connectivity index (χ2v) is 4.34. The molecule has 1 N–H and O–H groups in total. The van der Waals surface area contributed by atoms with Crippen molar-refractivity contribution in [2.45, 2.75) is 31.8 Å². The number of hydrogen-bond acceptors (Lipinski definition) is 3. The van der Waals surface area contributed by atoms with Gasteiger partial charge in [0, 0.05) is 0 Å². The van der Waals surface area contributed by atoms with E-state index in [4.69, 9.17) is 17.3 Å². The summed E-state index contributed by atoms with van der Waals surface area (Å²) < 4.78 is 0.602. The van der Waals surface area contributed by atoms with E-state index in [1.807, 2.05) is 11.8 Å². The number of likely N-dealkylation sites (tertiary alicyclic amines) is 1. The van der Waals surface area contributed by atoms with Crippen LogP contribution in [0, 0.1) is 0 Å². The lowest BCUT2D eigenvalue weighted by molar-refractivity contribution is -0.142. The van der Waals surface area contributed by atoms with Crippen LogP contribution in [0.5, 0.6) is 0 Å². The lowest BCUT2D eigenvalue weighted by atomic mass is 10.2. The zero-order valence-corrected chi connectivity index (χ0v) is 9.15. The monoisotopic (exact) mass is 219 g/mol. The summed E-state index contributed by atoms with van der Waals surface area (Å²) in [5.74, 6) is -0.756. The first kappa shape index (κ1) is 10.9. The fourth-order valence-corrected chi connectivity index (χ4v) is 2.37. The van der Waals surface area contributed by atoms with Crippen LogP contribution in [-0.4, -0.2) is 38.8 Å². The molecule has 0 spiro atoms. The molecular formula is C8H13NO2S2. The average Bonchev–Trinajstić information content (AvgIpc) is 2.46. The van der Waals surface area contributed by atoms with Crippen LogP contribution < -0.4 is 0 Å². The molecule has 0 aliphatic carbocycles. The number of hydrogen-bond donors (Lipinski definition) is 2. The van der Waals surface area contributed by atoms with Crippen LogP contribution in [0.4, 0.5) is 0 Å². The van der Waals surface area contributed by atoms with Gasteiger partial charge in [-0.15, -0.1) is 12.6 Å². The smallest absolute Gasteiger partial charge is 0.320 e. The number of carbonyl (C=O) groups is 1. The van der Waals surface area contributed by atoms with Crippen LogP contribution in [0.3, 0.4) is 0 Å². The fourth-order valence-electron chi connectivity index (χ4n) is 1.84. The number of likely N-dealkylation sites (N-methyl/N-ethyl adjacent to an activating group) is 1. The van der Waals surface area contributed by atoms with Crippen molar-refractivity contribution in [2.75, 3.05) is 6.54 Å². The van der Waals surface area contributed by atoms with E-state index in [9.17, 15) is 4.79 Å². The van der Waals surface area contributed by atoms with Crippen molar-refractivity contribution in [1.82, 2.24) is 4.90 Å². The van der Waals surface area contributed by atoms with Crippen LogP contribution in [0.2, 0.25) is 0 Å². The molecule has 0 saturated carbocycles. The van der Waals surface area contributed by atoms with Crippen molar-refractivity contribution in [2.24, 2.45) is 0 Å². The molecule has 13 heavy (non-hydrogen) atoms. The van der Waals surface area contributed by atoms with Gasteiger partial charge in [-0.1, -0.05) is 19.1 Å². The van der Waals surface area contributed by atoms with Gasteiger partial charge in [0.05, 0.1) is 10.2 Å². The maximum atomic E-state index is 10.8. The van der Waals surface area contributed by atoms with E-state index in [0.717, 1.165) is 6.42 Å². The van der Waals surface area contributed by atoms with Crippen molar-refractivity contribution >= 4 is 35.0 Å². The minimum absolute atomic E-state index is 0.0597. The number of aliphatic carboxylic acids is 1. The molecule has 0 radical (unpaired) electrons. The third-order valence-electron chi connectivity index (χ3n) is 2.45. The summed E-state index contributed by atoms with van der Waals surface area (Å²) in [6, 6.07) is -0.315. The first-order valence-corrected chi connectivity index (χ1v) is 5.14. The molecule has 5 heteroatoms. The molecule has 1 aliphatic rings. The van der Waals surface area contributed by atoms with Crippen LogP contribution >= 0.6 is 24.8 Å². The van der Waals surface area contributed by atoms with Gasteiger partial charge in [-0.2, -0.15) is 0 Å². The molecule has 3 nitrogen and oxygen atoms in total. The highest BCUT2D eigenvalue weighted by molar-refractivity contribution is 8.11.